The molecular formula is C14H22SiZr. The molecule has 16 heavy (non-hydrogen) atoms. The number of hydrogen-bond acceptors (Lipinski definition) is 0. The Morgan fingerprint density at radius 3 is 2.31 bits per heavy atom. The van der Waals surface area contributed by atoms with Gasteiger partial charge >= 0.3 is 102 Å². The van der Waals surface area contributed by atoms with Crippen molar-refractivity contribution in [2.45, 2.75) is 36.0 Å². The van der Waals surface area contributed by atoms with Gasteiger partial charge in [0.05, 0.1) is 0 Å². The van der Waals surface area contributed by atoms with E-state index in [-0.39, 0.29) is 0 Å². The first-order valence-electron chi connectivity index (χ1n) is 6.11. The van der Waals surface area contributed by atoms with E-state index >= 15 is 0 Å². The van der Waals surface area contributed by atoms with Crippen molar-refractivity contribution in [1.82, 2.24) is 0 Å². The van der Waals surface area contributed by atoms with E-state index < -0.39 is 17.4 Å². The van der Waals surface area contributed by atoms with Gasteiger partial charge < -0.3 is 0 Å². The second kappa shape index (κ2) is 3.78. The normalized spacial score (nSPS) is 21.6. The number of allylic oxidation sites excluding steroid dienone is 8. The first kappa shape index (κ1) is 12.5. The van der Waals surface area contributed by atoms with Crippen LogP contribution in [0.25, 0.3) is 0 Å². The molecule has 0 aromatic rings. The maximum atomic E-state index is 2.59. The number of hydrogen-bond donors (Lipinski definition) is 0. The standard InChI is InChI=1S/C7H9.C5H5.2CH3.H2Si.Zr/c1-6-4-3-5-7(6)2;1-2-4-5-3-1;;;;/h4H,5H2,1-2H3;1-3H,4H2;2*1H3;1H2;. The molecular weight excluding hydrogens is 287 g/mol. The summed E-state index contributed by atoms with van der Waals surface area (Å²) in [6.07, 6.45) is 11.9. The molecule has 0 radical (unpaired) electrons. The zero-order valence-electron chi connectivity index (χ0n) is 10.9. The van der Waals surface area contributed by atoms with Crippen molar-refractivity contribution in [3.05, 3.63) is 42.0 Å². The molecule has 0 unspecified atom stereocenters. The molecule has 0 saturated carbocycles. The third-order valence-electron chi connectivity index (χ3n) is 4.35. The molecule has 0 amide bonds. The molecule has 0 aliphatic heterocycles. The molecule has 2 heteroatoms. The van der Waals surface area contributed by atoms with Crippen LogP contribution in [0.5, 0.6) is 0 Å². The van der Waals surface area contributed by atoms with E-state index in [1.54, 1.807) is 12.1 Å². The van der Waals surface area contributed by atoms with Crippen molar-refractivity contribution in [2.75, 3.05) is 0 Å². The zero-order valence-corrected chi connectivity index (χ0v) is 14.8. The van der Waals surface area contributed by atoms with Crippen molar-refractivity contribution in [1.29, 1.82) is 0 Å². The molecule has 0 bridgehead atoms. The molecule has 0 N–H and O–H groups in total. The second-order valence-electron chi connectivity index (χ2n) is 6.32. The fourth-order valence-electron chi connectivity index (χ4n) is 2.62. The van der Waals surface area contributed by atoms with Crippen LogP contribution in [0.15, 0.2) is 42.0 Å². The van der Waals surface area contributed by atoms with Gasteiger partial charge in [0, 0.05) is 0 Å². The van der Waals surface area contributed by atoms with E-state index in [0.29, 0.717) is 0 Å². The van der Waals surface area contributed by atoms with Gasteiger partial charge in [-0.25, -0.2) is 0 Å². The molecule has 0 atom stereocenters. The summed E-state index contributed by atoms with van der Waals surface area (Å²) in [6, 6.07) is 0. The van der Waals surface area contributed by atoms with Gasteiger partial charge in [0.25, 0.3) is 0 Å². The topological polar surface area (TPSA) is 0 Å². The second-order valence-corrected chi connectivity index (χ2v) is 35.2. The third-order valence-corrected chi connectivity index (χ3v) is 21.6. The summed E-state index contributed by atoms with van der Waals surface area (Å²) in [6.45, 7) is 6.89. The predicted molar refractivity (Wildman–Crippen MR) is 73.2 cm³/mol. The summed E-state index contributed by atoms with van der Waals surface area (Å²) in [5, 5.41) is 0. The van der Waals surface area contributed by atoms with Gasteiger partial charge in [-0.3, -0.25) is 0 Å². The molecule has 0 aromatic carbocycles. The van der Waals surface area contributed by atoms with E-state index in [1.165, 1.54) is 18.4 Å². The summed E-state index contributed by atoms with van der Waals surface area (Å²) < 4.78 is 8.73. The Hall–Kier alpha value is 0.0600. The van der Waals surface area contributed by atoms with E-state index in [1.807, 2.05) is 0 Å². The first-order chi connectivity index (χ1) is 7.30. The summed E-state index contributed by atoms with van der Waals surface area (Å²) in [5.74, 6) is 0. The summed E-state index contributed by atoms with van der Waals surface area (Å²) >= 11 is -2.71. The summed E-state index contributed by atoms with van der Waals surface area (Å²) in [5.41, 5.74) is 3.09. The van der Waals surface area contributed by atoms with Gasteiger partial charge in [0.15, 0.2) is 0 Å². The van der Waals surface area contributed by atoms with Gasteiger partial charge in [0.2, 0.25) is 0 Å². The van der Waals surface area contributed by atoms with E-state index in [0.717, 1.165) is 0 Å². The van der Waals surface area contributed by atoms with E-state index in [4.69, 9.17) is 0 Å². The third kappa shape index (κ3) is 1.95. The van der Waals surface area contributed by atoms with Crippen LogP contribution in [0.1, 0.15) is 26.7 Å². The molecule has 86 valence electrons. The maximum absolute atomic E-state index is 2.71. The predicted octanol–water partition coefficient (Wildman–Crippen LogP) is 3.79. The van der Waals surface area contributed by atoms with Gasteiger partial charge in [-0.2, -0.15) is 0 Å². The average Bonchev–Trinajstić information content (AvgIpc) is 2.76. The van der Waals surface area contributed by atoms with Crippen molar-refractivity contribution in [3.8, 4) is 0 Å². The Bertz CT molecular complexity index is 521. The minimum absolute atomic E-state index is 1.21. The zero-order chi connectivity index (χ0) is 12.0. The summed E-state index contributed by atoms with van der Waals surface area (Å²) in [4.78, 5) is 0. The molecule has 2 aliphatic rings. The fraction of sp³-hybridized carbons (Fsp3) is 0.429. The van der Waals surface area contributed by atoms with Gasteiger partial charge in [-0.05, 0) is 0 Å². The molecule has 0 nitrogen and oxygen atoms in total. The van der Waals surface area contributed by atoms with Gasteiger partial charge in [-0.15, -0.1) is 0 Å². The molecule has 2 aliphatic carbocycles. The van der Waals surface area contributed by atoms with Gasteiger partial charge in [0.1, 0.15) is 0 Å². The monoisotopic (exact) mass is 308 g/mol. The Balaban J connectivity index is 2.41. The molecule has 2 rings (SSSR count). The average molecular weight is 310 g/mol. The van der Waals surface area contributed by atoms with Crippen molar-refractivity contribution in [3.63, 3.8) is 0 Å². The SMILES string of the molecule is CC1=C(C)C[C]([Zr]([CH3])([CH3])(=[SiH2])[C]2=CC=CC2)=C1. The molecule has 0 heterocycles. The molecule has 0 saturated heterocycles. The Morgan fingerprint density at radius 2 is 1.88 bits per heavy atom. The van der Waals surface area contributed by atoms with Crippen molar-refractivity contribution >= 4 is 6.88 Å². The number of rotatable bonds is 2. The van der Waals surface area contributed by atoms with Crippen LogP contribution in [-0.4, -0.2) is 6.88 Å². The van der Waals surface area contributed by atoms with Crippen molar-refractivity contribution < 1.29 is 17.4 Å². The van der Waals surface area contributed by atoms with Crippen LogP contribution in [0.4, 0.5) is 0 Å². The minimum atomic E-state index is -2.71. The first-order valence-corrected chi connectivity index (χ1v) is 19.4. The quantitative estimate of drug-likeness (QED) is 0.681. The van der Waals surface area contributed by atoms with Crippen molar-refractivity contribution in [2.24, 2.45) is 0 Å². The Morgan fingerprint density at radius 1 is 1.19 bits per heavy atom. The summed E-state index contributed by atoms with van der Waals surface area (Å²) in [7, 11) is 0. The van der Waals surface area contributed by atoms with Crippen LogP contribution < -0.4 is 0 Å². The molecule has 0 spiro atoms. The van der Waals surface area contributed by atoms with Crippen LogP contribution in [0.3, 0.4) is 0 Å². The van der Waals surface area contributed by atoms with Crippen LogP contribution in [0.2, 0.25) is 9.26 Å². The van der Waals surface area contributed by atoms with Crippen LogP contribution in [0, 0.1) is 0 Å². The van der Waals surface area contributed by atoms with E-state index in [9.17, 15) is 0 Å². The molecule has 0 fully saturated rings. The fourth-order valence-corrected chi connectivity index (χ4v) is 13.7. The van der Waals surface area contributed by atoms with Crippen LogP contribution >= 0.6 is 0 Å². The Labute approximate surface area is 102 Å². The Kier molecular flexibility index (Phi) is 2.96. The molecule has 0 aromatic heterocycles. The van der Waals surface area contributed by atoms with Gasteiger partial charge in [-0.1, -0.05) is 0 Å². The van der Waals surface area contributed by atoms with E-state index in [2.05, 4.69) is 54.3 Å². The van der Waals surface area contributed by atoms with Crippen LogP contribution in [-0.2, 0) is 17.4 Å².